The summed E-state index contributed by atoms with van der Waals surface area (Å²) in [6, 6.07) is 15.3. The smallest absolute Gasteiger partial charge is 0.270 e. The van der Waals surface area contributed by atoms with Crippen molar-refractivity contribution in [1.82, 2.24) is 25.1 Å². The Hall–Kier alpha value is -3.10. The Morgan fingerprint density at radius 3 is 2.44 bits per heavy atom. The van der Waals surface area contributed by atoms with Crippen LogP contribution >= 0.6 is 32.9 Å². The zero-order valence-corrected chi connectivity index (χ0v) is 40.3. The number of nitrogens with zero attached hydrogens (tertiary/aromatic N) is 4. The number of carbonyl (C=O) groups excluding carboxylic acids is 4. The van der Waals surface area contributed by atoms with Crippen molar-refractivity contribution in [3.05, 3.63) is 76.4 Å². The van der Waals surface area contributed by atoms with Gasteiger partial charge >= 0.3 is 0 Å². The lowest BCUT2D eigenvalue weighted by atomic mass is 9.83. The van der Waals surface area contributed by atoms with Crippen molar-refractivity contribution in [2.24, 2.45) is 23.7 Å². The second kappa shape index (κ2) is 26.5. The van der Waals surface area contributed by atoms with Gasteiger partial charge in [0.05, 0.1) is 6.04 Å². The zero-order valence-electron chi connectivity index (χ0n) is 37.8. The van der Waals surface area contributed by atoms with Crippen molar-refractivity contribution in [2.75, 3.05) is 33.0 Å². The van der Waals surface area contributed by atoms with E-state index in [0.29, 0.717) is 43.0 Å². The summed E-state index contributed by atoms with van der Waals surface area (Å²) >= 11 is 1.40. The van der Waals surface area contributed by atoms with Crippen LogP contribution < -0.4 is 5.32 Å². The Bertz CT molecular complexity index is 1780. The maximum absolute atomic E-state index is 14.4. The number of benzene rings is 1. The average Bonchev–Trinajstić information content (AvgIpc) is 3.76. The molecule has 10 nitrogen and oxygen atoms in total. The third kappa shape index (κ3) is 16.2. The standard InChI is InChI=1S/C48H71N5O5S3/c1-9-26-58-44(31-41(33(3)4)53(8)48(57)38(34(5)10-2)30-43(55)40-21-15-17-25-52(40)7)47-51-39(32-59-47)46(56)50-37(29-36-19-12-11-13-20-36)28-35(6)42(54)22-18-27-60-61-45-23-14-16-24-49-45/h11-14,16,19-20,23-24,32-35,37-38,40-41,44H,9-10,15,17-18,21-22,25-31H2,1-8H3,(H,50,56)/t34?,35-,37+,38-,40+,41+,44+/m0/s1. The summed E-state index contributed by atoms with van der Waals surface area (Å²) in [6.45, 7) is 13.9. The van der Waals surface area contributed by atoms with Crippen molar-refractivity contribution in [2.45, 2.75) is 141 Å². The first-order valence-electron chi connectivity index (χ1n) is 22.5. The normalized spacial score (nSPS) is 17.6. The van der Waals surface area contributed by atoms with Crippen molar-refractivity contribution in [3.63, 3.8) is 0 Å². The SMILES string of the molecule is CCCO[C@H](C[C@H](C(C)C)N(C)C(=O)[C@@H](CC(=O)[C@H]1CCCCN1C)C(C)CC)c1nc(C(=O)N[C@@H](Cc2ccccc2)C[C@H](C)C(=O)CCCSSc2ccccn2)cs1. The van der Waals surface area contributed by atoms with E-state index in [0.717, 1.165) is 61.4 Å². The molecule has 3 heterocycles. The Kier molecular flexibility index (Phi) is 22.0. The molecule has 0 spiro atoms. The van der Waals surface area contributed by atoms with Crippen molar-refractivity contribution in [3.8, 4) is 0 Å². The fraction of sp³-hybridized carbons (Fsp3) is 0.625. The fourth-order valence-corrected chi connectivity index (χ4v) is 11.0. The second-order valence-corrected chi connectivity index (χ2v) is 20.5. The number of hydrogen-bond donors (Lipinski definition) is 1. The van der Waals surface area contributed by atoms with Crippen LogP contribution in [-0.4, -0.2) is 94.3 Å². The number of carbonyl (C=O) groups is 4. The van der Waals surface area contributed by atoms with Gasteiger partial charge in [0.15, 0.2) is 5.78 Å². The Balaban J connectivity index is 1.43. The molecule has 1 unspecified atom stereocenters. The van der Waals surface area contributed by atoms with Crippen LogP contribution in [0.1, 0.15) is 133 Å². The molecule has 61 heavy (non-hydrogen) atoms. The summed E-state index contributed by atoms with van der Waals surface area (Å²) in [5.41, 5.74) is 1.40. The third-order valence-electron chi connectivity index (χ3n) is 12.1. The van der Waals surface area contributed by atoms with E-state index in [-0.39, 0.29) is 65.7 Å². The van der Waals surface area contributed by atoms with Gasteiger partial charge in [0.1, 0.15) is 27.6 Å². The van der Waals surface area contributed by atoms with Gasteiger partial charge in [-0.2, -0.15) is 0 Å². The van der Waals surface area contributed by atoms with Crippen LogP contribution in [0.2, 0.25) is 0 Å². The molecule has 7 atom stereocenters. The van der Waals surface area contributed by atoms with Gasteiger partial charge in [-0.1, -0.05) is 102 Å². The lowest BCUT2D eigenvalue weighted by Crippen LogP contribution is -2.48. The highest BCUT2D eigenvalue weighted by Crippen LogP contribution is 2.33. The molecule has 0 saturated carbocycles. The first-order valence-corrected chi connectivity index (χ1v) is 25.7. The first-order chi connectivity index (χ1) is 29.3. The van der Waals surface area contributed by atoms with Crippen LogP contribution in [0.15, 0.2) is 65.1 Å². The summed E-state index contributed by atoms with van der Waals surface area (Å²) < 4.78 is 6.45. The maximum atomic E-state index is 14.4. The van der Waals surface area contributed by atoms with Crippen LogP contribution in [0.25, 0.3) is 0 Å². The Morgan fingerprint density at radius 1 is 1.02 bits per heavy atom. The van der Waals surface area contributed by atoms with E-state index < -0.39 is 12.0 Å². The highest BCUT2D eigenvalue weighted by Gasteiger charge is 2.37. The van der Waals surface area contributed by atoms with Crippen molar-refractivity contribution >= 4 is 56.3 Å². The summed E-state index contributed by atoms with van der Waals surface area (Å²) in [4.78, 5) is 68.6. The molecule has 1 N–H and O–H groups in total. The minimum Gasteiger partial charge on any atom is -0.371 e. The number of Topliss-reactive ketones (excluding diaryl/α,β-unsaturated/α-hetero) is 2. The molecule has 1 aromatic carbocycles. The number of amides is 2. The predicted octanol–water partition coefficient (Wildman–Crippen LogP) is 10.1. The highest BCUT2D eigenvalue weighted by molar-refractivity contribution is 8.76. The molecule has 0 aliphatic carbocycles. The molecule has 4 rings (SSSR count). The number of pyridine rings is 1. The number of likely N-dealkylation sites (tertiary alicyclic amines) is 1. The van der Waals surface area contributed by atoms with Gasteiger partial charge in [0, 0.05) is 74.2 Å². The summed E-state index contributed by atoms with van der Waals surface area (Å²) in [6.07, 6.45) is 9.12. The van der Waals surface area contributed by atoms with Gasteiger partial charge in [0.2, 0.25) is 5.91 Å². The molecule has 1 aliphatic heterocycles. The number of ether oxygens (including phenoxy) is 1. The van der Waals surface area contributed by atoms with Crippen molar-refractivity contribution in [1.29, 1.82) is 0 Å². The number of nitrogens with one attached hydrogen (secondary N) is 1. The number of likely N-dealkylation sites (N-methyl/N-ethyl adjacent to an activating group) is 1. The fourth-order valence-electron chi connectivity index (χ4n) is 8.17. The van der Waals surface area contributed by atoms with Crippen molar-refractivity contribution < 1.29 is 23.9 Å². The quantitative estimate of drug-likeness (QED) is 0.0585. The molecule has 0 radical (unpaired) electrons. The molecule has 3 aromatic rings. The summed E-state index contributed by atoms with van der Waals surface area (Å²) in [5, 5.41) is 6.67. The van der Waals surface area contributed by atoms with Gasteiger partial charge < -0.3 is 15.0 Å². The lowest BCUT2D eigenvalue weighted by Gasteiger charge is -2.38. The number of hydrogen-bond acceptors (Lipinski definition) is 11. The molecule has 1 fully saturated rings. The van der Waals surface area contributed by atoms with E-state index in [1.165, 1.54) is 11.3 Å². The van der Waals surface area contributed by atoms with Crippen LogP contribution in [0, 0.1) is 23.7 Å². The van der Waals surface area contributed by atoms with E-state index in [1.54, 1.807) is 33.2 Å². The predicted molar refractivity (Wildman–Crippen MR) is 252 cm³/mol. The zero-order chi connectivity index (χ0) is 44.3. The van der Waals surface area contributed by atoms with E-state index in [9.17, 15) is 19.2 Å². The van der Waals surface area contributed by atoms with Gasteiger partial charge in [0.25, 0.3) is 5.91 Å². The number of ketones is 2. The molecule has 336 valence electrons. The van der Waals surface area contributed by atoms with E-state index in [1.807, 2.05) is 74.4 Å². The van der Waals surface area contributed by atoms with Crippen LogP contribution in [0.5, 0.6) is 0 Å². The summed E-state index contributed by atoms with van der Waals surface area (Å²) in [7, 11) is 7.23. The van der Waals surface area contributed by atoms with Crippen LogP contribution in [0.3, 0.4) is 0 Å². The number of rotatable bonds is 27. The van der Waals surface area contributed by atoms with Gasteiger partial charge in [-0.15, -0.1) is 11.3 Å². The van der Waals surface area contributed by atoms with E-state index in [4.69, 9.17) is 9.72 Å². The second-order valence-electron chi connectivity index (χ2n) is 17.2. The number of piperidine rings is 1. The molecular formula is C48H71N5O5S3. The Morgan fingerprint density at radius 2 is 1.77 bits per heavy atom. The number of aromatic nitrogens is 2. The maximum Gasteiger partial charge on any atom is 0.270 e. The molecule has 1 saturated heterocycles. The first kappa shape index (κ1) is 50.5. The molecular weight excluding hydrogens is 823 g/mol. The largest absolute Gasteiger partial charge is 0.371 e. The summed E-state index contributed by atoms with van der Waals surface area (Å²) in [5.74, 6) is 0.488. The topological polar surface area (TPSA) is 122 Å². The van der Waals surface area contributed by atoms with Gasteiger partial charge in [-0.3, -0.25) is 24.1 Å². The molecule has 2 aromatic heterocycles. The monoisotopic (exact) mass is 893 g/mol. The lowest BCUT2D eigenvalue weighted by molar-refractivity contribution is -0.143. The minimum absolute atomic E-state index is 0.00368. The number of thiazole rings is 1. The minimum atomic E-state index is -0.424. The van der Waals surface area contributed by atoms with E-state index in [2.05, 4.69) is 49.8 Å². The van der Waals surface area contributed by atoms with Crippen LogP contribution in [0.4, 0.5) is 0 Å². The van der Waals surface area contributed by atoms with Gasteiger partial charge in [-0.05, 0) is 92.4 Å². The average molecular weight is 894 g/mol. The highest BCUT2D eigenvalue weighted by atomic mass is 33.1. The van der Waals surface area contributed by atoms with E-state index >= 15 is 0 Å². The molecule has 13 heteroatoms. The van der Waals surface area contributed by atoms with Crippen LogP contribution in [-0.2, 0) is 25.5 Å². The molecule has 2 amide bonds. The molecule has 1 aliphatic rings. The Labute approximate surface area is 378 Å². The molecule has 0 bridgehead atoms. The third-order valence-corrected chi connectivity index (χ3v) is 15.4. The van der Waals surface area contributed by atoms with Gasteiger partial charge in [-0.25, -0.2) is 9.97 Å².